The predicted octanol–water partition coefficient (Wildman–Crippen LogP) is 2.79. The Bertz CT molecular complexity index is 178. The number of nitrogens with one attached hydrogen (secondary N) is 2. The molecule has 1 unspecified atom stereocenters. The summed E-state index contributed by atoms with van der Waals surface area (Å²) in [6, 6.07) is 0. The van der Waals surface area contributed by atoms with Crippen LogP contribution in [0, 0.1) is 11.3 Å². The highest BCUT2D eigenvalue weighted by molar-refractivity contribution is 4.83. The Balaban J connectivity index is 2.07. The molecular weight excluding hydrogens is 196 g/mol. The summed E-state index contributed by atoms with van der Waals surface area (Å²) in [7, 11) is 0. The zero-order valence-electron chi connectivity index (χ0n) is 11.4. The Kier molecular flexibility index (Phi) is 6.37. The van der Waals surface area contributed by atoms with E-state index in [1.165, 1.54) is 38.6 Å². The summed E-state index contributed by atoms with van der Waals surface area (Å²) in [5.74, 6) is 0.882. The third-order valence-corrected chi connectivity index (χ3v) is 4.02. The van der Waals surface area contributed by atoms with E-state index in [4.69, 9.17) is 0 Å². The predicted molar refractivity (Wildman–Crippen MR) is 71.8 cm³/mol. The first-order chi connectivity index (χ1) is 7.67. The fourth-order valence-corrected chi connectivity index (χ4v) is 2.70. The van der Waals surface area contributed by atoms with E-state index in [0.29, 0.717) is 5.41 Å². The van der Waals surface area contributed by atoms with Gasteiger partial charge >= 0.3 is 0 Å². The van der Waals surface area contributed by atoms with Crippen molar-refractivity contribution >= 4 is 0 Å². The monoisotopic (exact) mass is 226 g/mol. The van der Waals surface area contributed by atoms with E-state index in [9.17, 15) is 0 Å². The second kappa shape index (κ2) is 7.29. The first-order valence-corrected chi connectivity index (χ1v) is 7.08. The van der Waals surface area contributed by atoms with Crippen LogP contribution < -0.4 is 10.6 Å². The van der Waals surface area contributed by atoms with Crippen LogP contribution in [0.25, 0.3) is 0 Å². The quantitative estimate of drug-likeness (QED) is 0.652. The Morgan fingerprint density at radius 1 is 1.06 bits per heavy atom. The van der Waals surface area contributed by atoms with Gasteiger partial charge in [-0.2, -0.15) is 0 Å². The van der Waals surface area contributed by atoms with E-state index < -0.39 is 0 Å². The van der Waals surface area contributed by atoms with Gasteiger partial charge in [0.05, 0.1) is 0 Å². The lowest BCUT2D eigenvalue weighted by Gasteiger charge is -2.38. The molecule has 1 saturated carbocycles. The molecule has 0 amide bonds. The summed E-state index contributed by atoms with van der Waals surface area (Å²) in [5.41, 5.74) is 0.558. The highest BCUT2D eigenvalue weighted by Crippen LogP contribution is 2.39. The van der Waals surface area contributed by atoms with Gasteiger partial charge in [0.1, 0.15) is 0 Å². The van der Waals surface area contributed by atoms with Crippen LogP contribution in [0.1, 0.15) is 52.9 Å². The van der Waals surface area contributed by atoms with Crippen molar-refractivity contribution in [2.75, 3.05) is 26.2 Å². The molecule has 0 spiro atoms. The fraction of sp³-hybridized carbons (Fsp3) is 1.00. The van der Waals surface area contributed by atoms with Crippen LogP contribution in [0.15, 0.2) is 0 Å². The van der Waals surface area contributed by atoms with Crippen LogP contribution in [-0.4, -0.2) is 26.2 Å². The molecule has 0 aromatic carbocycles. The molecule has 0 aliphatic heterocycles. The van der Waals surface area contributed by atoms with E-state index in [-0.39, 0.29) is 0 Å². The van der Waals surface area contributed by atoms with Gasteiger partial charge in [-0.05, 0) is 43.7 Å². The highest BCUT2D eigenvalue weighted by atomic mass is 14.9. The molecule has 2 nitrogen and oxygen atoms in total. The topological polar surface area (TPSA) is 24.1 Å². The first kappa shape index (κ1) is 14.0. The van der Waals surface area contributed by atoms with E-state index in [1.807, 2.05) is 0 Å². The van der Waals surface area contributed by atoms with Gasteiger partial charge in [-0.15, -0.1) is 0 Å². The van der Waals surface area contributed by atoms with Gasteiger partial charge in [0.15, 0.2) is 0 Å². The molecule has 0 heterocycles. The molecule has 96 valence electrons. The molecule has 2 N–H and O–H groups in total. The van der Waals surface area contributed by atoms with Crippen LogP contribution >= 0.6 is 0 Å². The van der Waals surface area contributed by atoms with E-state index >= 15 is 0 Å². The zero-order chi connectivity index (χ0) is 11.9. The second-order valence-electron chi connectivity index (χ2n) is 5.89. The lowest BCUT2D eigenvalue weighted by Crippen LogP contribution is -2.38. The molecule has 1 aliphatic rings. The van der Waals surface area contributed by atoms with Gasteiger partial charge in [-0.1, -0.05) is 33.6 Å². The third kappa shape index (κ3) is 4.84. The molecule has 0 radical (unpaired) electrons. The first-order valence-electron chi connectivity index (χ1n) is 7.08. The van der Waals surface area contributed by atoms with E-state index in [1.54, 1.807) is 0 Å². The molecule has 1 aliphatic carbocycles. The summed E-state index contributed by atoms with van der Waals surface area (Å²) < 4.78 is 0. The number of hydrogen-bond donors (Lipinski definition) is 2. The summed E-state index contributed by atoms with van der Waals surface area (Å²) in [6.07, 6.45) is 6.93. The average Bonchev–Trinajstić information content (AvgIpc) is 2.25. The van der Waals surface area contributed by atoms with Gasteiger partial charge in [-0.25, -0.2) is 0 Å². The Labute approximate surface area is 102 Å². The van der Waals surface area contributed by atoms with Crippen molar-refractivity contribution in [1.29, 1.82) is 0 Å². The maximum absolute atomic E-state index is 3.61. The van der Waals surface area contributed by atoms with Crippen LogP contribution in [-0.2, 0) is 0 Å². The van der Waals surface area contributed by atoms with Crippen LogP contribution in [0.4, 0.5) is 0 Å². The SMILES string of the molecule is CCCNCCNCC1CCCCC1(C)C. The molecule has 1 rings (SSSR count). The maximum Gasteiger partial charge on any atom is 0.00768 e. The fourth-order valence-electron chi connectivity index (χ4n) is 2.70. The van der Waals surface area contributed by atoms with Gasteiger partial charge in [-0.3, -0.25) is 0 Å². The van der Waals surface area contributed by atoms with Crippen molar-refractivity contribution < 1.29 is 0 Å². The molecule has 2 heteroatoms. The maximum atomic E-state index is 3.61. The van der Waals surface area contributed by atoms with Crippen LogP contribution in [0.3, 0.4) is 0 Å². The van der Waals surface area contributed by atoms with Crippen molar-refractivity contribution in [1.82, 2.24) is 10.6 Å². The van der Waals surface area contributed by atoms with Gasteiger partial charge < -0.3 is 10.6 Å². The lowest BCUT2D eigenvalue weighted by atomic mass is 9.69. The number of rotatable bonds is 7. The summed E-state index contributed by atoms with van der Waals surface area (Å²) in [6.45, 7) is 11.7. The zero-order valence-corrected chi connectivity index (χ0v) is 11.4. The molecule has 0 aromatic rings. The molecule has 1 fully saturated rings. The van der Waals surface area contributed by atoms with E-state index in [2.05, 4.69) is 31.4 Å². The van der Waals surface area contributed by atoms with Crippen molar-refractivity contribution in [2.24, 2.45) is 11.3 Å². The van der Waals surface area contributed by atoms with Gasteiger partial charge in [0.2, 0.25) is 0 Å². The average molecular weight is 226 g/mol. The second-order valence-corrected chi connectivity index (χ2v) is 5.89. The van der Waals surface area contributed by atoms with Crippen molar-refractivity contribution in [3.8, 4) is 0 Å². The van der Waals surface area contributed by atoms with Crippen molar-refractivity contribution in [3.63, 3.8) is 0 Å². The van der Waals surface area contributed by atoms with Gasteiger partial charge in [0, 0.05) is 13.1 Å². The van der Waals surface area contributed by atoms with Crippen LogP contribution in [0.5, 0.6) is 0 Å². The minimum Gasteiger partial charge on any atom is -0.315 e. The Hall–Kier alpha value is -0.0800. The minimum absolute atomic E-state index is 0.558. The van der Waals surface area contributed by atoms with Crippen molar-refractivity contribution in [3.05, 3.63) is 0 Å². The normalized spacial score (nSPS) is 24.6. The molecular formula is C14H30N2. The summed E-state index contributed by atoms with van der Waals surface area (Å²) in [4.78, 5) is 0. The highest BCUT2D eigenvalue weighted by Gasteiger charge is 2.31. The largest absolute Gasteiger partial charge is 0.315 e. The third-order valence-electron chi connectivity index (χ3n) is 4.02. The minimum atomic E-state index is 0.558. The summed E-state index contributed by atoms with van der Waals surface area (Å²) in [5, 5.41) is 7.04. The van der Waals surface area contributed by atoms with Crippen molar-refractivity contribution in [2.45, 2.75) is 52.9 Å². The molecule has 0 aromatic heterocycles. The Morgan fingerprint density at radius 2 is 1.81 bits per heavy atom. The standard InChI is InChI=1S/C14H30N2/c1-4-9-15-10-11-16-12-13-7-5-6-8-14(13,2)3/h13,15-16H,4-12H2,1-3H3. The van der Waals surface area contributed by atoms with Crippen LogP contribution in [0.2, 0.25) is 0 Å². The molecule has 1 atom stereocenters. The smallest absolute Gasteiger partial charge is 0.00768 e. The molecule has 0 bridgehead atoms. The Morgan fingerprint density at radius 3 is 2.50 bits per heavy atom. The van der Waals surface area contributed by atoms with Gasteiger partial charge in [0.25, 0.3) is 0 Å². The lowest BCUT2D eigenvalue weighted by molar-refractivity contribution is 0.136. The summed E-state index contributed by atoms with van der Waals surface area (Å²) >= 11 is 0. The molecule has 0 saturated heterocycles. The number of hydrogen-bond acceptors (Lipinski definition) is 2. The van der Waals surface area contributed by atoms with E-state index in [0.717, 1.165) is 25.6 Å². The molecule has 16 heavy (non-hydrogen) atoms.